The molecule has 0 aliphatic rings. The lowest BCUT2D eigenvalue weighted by Gasteiger charge is -2.12. The van der Waals surface area contributed by atoms with Gasteiger partial charge in [-0.2, -0.15) is 5.10 Å². The number of non-ortho nitro benzene ring substituents is 1. The first-order chi connectivity index (χ1) is 12.4. The minimum Gasteiger partial charge on any atom is -0.386 e. The Morgan fingerprint density at radius 2 is 2.15 bits per heavy atom. The van der Waals surface area contributed by atoms with E-state index in [1.165, 1.54) is 12.1 Å². The van der Waals surface area contributed by atoms with Gasteiger partial charge < -0.3 is 10.4 Å². The summed E-state index contributed by atoms with van der Waals surface area (Å²) in [5.41, 5.74) is 1.94. The highest BCUT2D eigenvalue weighted by Crippen LogP contribution is 2.23. The molecule has 26 heavy (non-hydrogen) atoms. The van der Waals surface area contributed by atoms with Crippen molar-refractivity contribution < 1.29 is 10.0 Å². The van der Waals surface area contributed by atoms with Gasteiger partial charge in [-0.15, -0.1) is 0 Å². The largest absolute Gasteiger partial charge is 0.386 e. The summed E-state index contributed by atoms with van der Waals surface area (Å²) >= 11 is 0. The maximum absolute atomic E-state index is 11.0. The molecule has 1 atom stereocenters. The van der Waals surface area contributed by atoms with Crippen molar-refractivity contribution in [2.24, 2.45) is 7.05 Å². The van der Waals surface area contributed by atoms with Gasteiger partial charge in [0.1, 0.15) is 5.82 Å². The van der Waals surface area contributed by atoms with Gasteiger partial charge >= 0.3 is 0 Å². The Balaban J connectivity index is 1.79. The number of hydrogen-bond acceptors (Lipinski definition) is 7. The summed E-state index contributed by atoms with van der Waals surface area (Å²) in [6, 6.07) is 7.91. The van der Waals surface area contributed by atoms with E-state index < -0.39 is 11.0 Å². The van der Waals surface area contributed by atoms with Crippen LogP contribution in [0.4, 0.5) is 11.5 Å². The van der Waals surface area contributed by atoms with Crippen molar-refractivity contribution in [3.8, 4) is 11.4 Å². The van der Waals surface area contributed by atoms with Crippen molar-refractivity contribution in [3.63, 3.8) is 0 Å². The van der Waals surface area contributed by atoms with Gasteiger partial charge in [0.05, 0.1) is 17.2 Å². The maximum atomic E-state index is 11.0. The third-order valence-electron chi connectivity index (χ3n) is 3.76. The lowest BCUT2D eigenvalue weighted by Crippen LogP contribution is -2.13. The minimum absolute atomic E-state index is 0.0193. The molecule has 3 aromatic rings. The molecule has 0 aliphatic heterocycles. The number of nitro benzene ring substituents is 1. The van der Waals surface area contributed by atoms with Crippen LogP contribution in [-0.4, -0.2) is 36.3 Å². The molecule has 9 heteroatoms. The fraction of sp³-hybridized carbons (Fsp3) is 0.235. The summed E-state index contributed by atoms with van der Waals surface area (Å²) < 4.78 is 1.62. The number of nitrogens with zero attached hydrogens (tertiary/aromatic N) is 5. The SMILES string of the molecule is Cc1cc(NCC(O)c2cnn(C)c2)nc(-c2cccc([N+](=O)[O-])c2)n1. The van der Waals surface area contributed by atoms with Gasteiger partial charge in [-0.25, -0.2) is 9.97 Å². The summed E-state index contributed by atoms with van der Waals surface area (Å²) in [4.78, 5) is 19.2. The van der Waals surface area contributed by atoms with Crippen molar-refractivity contribution in [1.29, 1.82) is 0 Å². The Morgan fingerprint density at radius 3 is 2.85 bits per heavy atom. The van der Waals surface area contributed by atoms with E-state index in [2.05, 4.69) is 20.4 Å². The average Bonchev–Trinajstić information content (AvgIpc) is 3.06. The second-order valence-electron chi connectivity index (χ2n) is 5.87. The average molecular weight is 354 g/mol. The molecule has 134 valence electrons. The molecule has 0 saturated heterocycles. The van der Waals surface area contributed by atoms with Crippen LogP contribution in [-0.2, 0) is 7.05 Å². The molecule has 2 heterocycles. The van der Waals surface area contributed by atoms with Gasteiger partial charge in [-0.3, -0.25) is 14.8 Å². The second kappa shape index (κ2) is 7.28. The maximum Gasteiger partial charge on any atom is 0.270 e. The van der Waals surface area contributed by atoms with E-state index in [1.54, 1.807) is 42.3 Å². The van der Waals surface area contributed by atoms with Gasteiger partial charge in [0.15, 0.2) is 5.82 Å². The number of hydrogen-bond donors (Lipinski definition) is 2. The molecule has 0 aliphatic carbocycles. The van der Waals surface area contributed by atoms with E-state index in [1.807, 2.05) is 6.92 Å². The fourth-order valence-corrected chi connectivity index (χ4v) is 2.48. The van der Waals surface area contributed by atoms with Crippen molar-refractivity contribution in [1.82, 2.24) is 19.7 Å². The van der Waals surface area contributed by atoms with Crippen molar-refractivity contribution in [3.05, 3.63) is 64.1 Å². The van der Waals surface area contributed by atoms with E-state index in [0.717, 1.165) is 0 Å². The van der Waals surface area contributed by atoms with Crippen LogP contribution in [0.1, 0.15) is 17.4 Å². The van der Waals surface area contributed by atoms with Crippen molar-refractivity contribution in [2.75, 3.05) is 11.9 Å². The topological polar surface area (TPSA) is 119 Å². The lowest BCUT2D eigenvalue weighted by atomic mass is 10.2. The Morgan fingerprint density at radius 1 is 1.35 bits per heavy atom. The standard InChI is InChI=1S/C17H18N6O3/c1-11-6-16(18-9-15(24)13-8-19-22(2)10-13)21-17(20-11)12-4-3-5-14(7-12)23(25)26/h3-8,10,15,24H,9H2,1-2H3,(H,18,20,21). The van der Waals surface area contributed by atoms with E-state index in [9.17, 15) is 15.2 Å². The summed E-state index contributed by atoms with van der Waals surface area (Å²) in [7, 11) is 1.78. The van der Waals surface area contributed by atoms with E-state index >= 15 is 0 Å². The number of aliphatic hydroxyl groups is 1. The van der Waals surface area contributed by atoms with Crippen molar-refractivity contribution in [2.45, 2.75) is 13.0 Å². The third-order valence-corrected chi connectivity index (χ3v) is 3.76. The Bertz CT molecular complexity index is 940. The molecule has 0 spiro atoms. The molecular weight excluding hydrogens is 336 g/mol. The number of nitrogens with one attached hydrogen (secondary N) is 1. The molecule has 9 nitrogen and oxygen atoms in total. The molecule has 2 N–H and O–H groups in total. The van der Waals surface area contributed by atoms with E-state index in [4.69, 9.17) is 0 Å². The second-order valence-corrected chi connectivity index (χ2v) is 5.87. The molecule has 0 bridgehead atoms. The summed E-state index contributed by atoms with van der Waals surface area (Å²) in [5.74, 6) is 0.911. The molecule has 3 rings (SSSR count). The molecule has 2 aromatic heterocycles. The summed E-state index contributed by atoms with van der Waals surface area (Å²) in [6.07, 6.45) is 2.61. The number of benzene rings is 1. The predicted molar refractivity (Wildman–Crippen MR) is 95.5 cm³/mol. The third kappa shape index (κ3) is 4.01. The first-order valence-corrected chi connectivity index (χ1v) is 7.93. The zero-order valence-corrected chi connectivity index (χ0v) is 14.3. The van der Waals surface area contributed by atoms with Crippen LogP contribution in [0.5, 0.6) is 0 Å². The van der Waals surface area contributed by atoms with Gasteiger partial charge in [0.25, 0.3) is 5.69 Å². The number of aromatic nitrogens is 4. The van der Waals surface area contributed by atoms with Crippen molar-refractivity contribution >= 4 is 11.5 Å². The zero-order valence-electron chi connectivity index (χ0n) is 14.3. The molecule has 1 unspecified atom stereocenters. The first-order valence-electron chi connectivity index (χ1n) is 7.93. The summed E-state index contributed by atoms with van der Waals surface area (Å²) in [5, 5.41) is 28.3. The molecule has 0 fully saturated rings. The highest BCUT2D eigenvalue weighted by molar-refractivity contribution is 5.61. The Hall–Kier alpha value is -3.33. The monoisotopic (exact) mass is 354 g/mol. The number of anilines is 1. The van der Waals surface area contributed by atoms with Crippen LogP contribution in [0, 0.1) is 17.0 Å². The molecule has 0 amide bonds. The van der Waals surface area contributed by atoms with Gasteiger partial charge in [-0.05, 0) is 6.92 Å². The predicted octanol–water partition coefficient (Wildman–Crippen LogP) is 2.24. The highest BCUT2D eigenvalue weighted by Gasteiger charge is 2.12. The number of aliphatic hydroxyl groups excluding tert-OH is 1. The van der Waals surface area contributed by atoms with Gasteiger partial charge in [-0.1, -0.05) is 12.1 Å². The van der Waals surface area contributed by atoms with Crippen LogP contribution in [0.2, 0.25) is 0 Å². The quantitative estimate of drug-likeness (QED) is 0.514. The minimum atomic E-state index is -0.736. The Labute approximate surface area is 149 Å². The first kappa shape index (κ1) is 17.5. The number of rotatable bonds is 6. The van der Waals surface area contributed by atoms with Crippen LogP contribution in [0.15, 0.2) is 42.7 Å². The van der Waals surface area contributed by atoms with Crippen LogP contribution >= 0.6 is 0 Å². The highest BCUT2D eigenvalue weighted by atomic mass is 16.6. The fourth-order valence-electron chi connectivity index (χ4n) is 2.48. The number of aryl methyl sites for hydroxylation is 2. The Kier molecular flexibility index (Phi) is 4.90. The molecule has 1 aromatic carbocycles. The van der Waals surface area contributed by atoms with Crippen LogP contribution in [0.3, 0.4) is 0 Å². The van der Waals surface area contributed by atoms with E-state index in [-0.39, 0.29) is 12.2 Å². The molecule has 0 radical (unpaired) electrons. The normalized spacial score (nSPS) is 12.0. The summed E-state index contributed by atoms with van der Waals surface area (Å²) in [6.45, 7) is 2.06. The van der Waals surface area contributed by atoms with Gasteiger partial charge in [0.2, 0.25) is 0 Å². The zero-order chi connectivity index (χ0) is 18.7. The van der Waals surface area contributed by atoms with E-state index in [0.29, 0.717) is 28.5 Å². The molecule has 0 saturated carbocycles. The van der Waals surface area contributed by atoms with Gasteiger partial charge in [0, 0.05) is 54.8 Å². The van der Waals surface area contributed by atoms with Crippen LogP contribution < -0.4 is 5.32 Å². The smallest absolute Gasteiger partial charge is 0.270 e. The molecular formula is C17H18N6O3. The lowest BCUT2D eigenvalue weighted by molar-refractivity contribution is -0.384. The van der Waals surface area contributed by atoms with Crippen LogP contribution in [0.25, 0.3) is 11.4 Å². The number of nitro groups is 1.